The van der Waals surface area contributed by atoms with Crippen LogP contribution in [0.3, 0.4) is 0 Å². The number of rotatable bonds is 8. The Morgan fingerprint density at radius 3 is 1.18 bits per heavy atom. The molecule has 0 aliphatic heterocycles. The van der Waals surface area contributed by atoms with Crippen LogP contribution < -0.4 is 0 Å². The van der Waals surface area contributed by atoms with Crippen molar-refractivity contribution in [1.82, 2.24) is 34.1 Å². The van der Waals surface area contributed by atoms with Gasteiger partial charge in [-0.25, -0.2) is 15.0 Å². The van der Waals surface area contributed by atoms with E-state index in [4.69, 9.17) is 24.9 Å². The number of fused-ring (bicyclic) bond motifs is 6. The molecule has 0 aliphatic rings. The summed E-state index contributed by atoms with van der Waals surface area (Å²) in [5.74, 6) is 2.45. The Labute approximate surface area is 392 Å². The SMILES string of the molecule is c1ccc(-c2ccc(-c3nc(-c4ccccc4)nc(-n4c5ccccc5c5cc6c7ccccc7n(-c7ccc(-c8cc(-c9ccccc9)nc(-c9ccccc9)n8)cc7)c6cc54)n3)cc2)cc1. The molecule has 0 N–H and O–H groups in total. The molecule has 4 heterocycles. The fraction of sp³-hybridized carbons (Fsp3) is 0. The maximum absolute atomic E-state index is 5.29. The number of hydrogen-bond donors (Lipinski definition) is 0. The van der Waals surface area contributed by atoms with Crippen molar-refractivity contribution in [3.63, 3.8) is 0 Å². The molecule has 0 aliphatic carbocycles. The summed E-state index contributed by atoms with van der Waals surface area (Å²) >= 11 is 0. The quantitative estimate of drug-likeness (QED) is 0.152. The third kappa shape index (κ3) is 6.80. The standard InChI is InChI=1S/C61H39N7/c1-5-17-40(18-6-1)41-29-31-46(32-30-41)60-64-59(45-23-11-4-12-24-45)65-61(66-60)68-55-28-16-14-26-49(55)51-37-50-48-25-13-15-27-54(48)67(56(50)39-57(51)68)47-35-33-43(34-36-47)53-38-52(42-19-7-2-8-20-42)62-58(63-53)44-21-9-3-10-22-44/h1-39H. The molecule has 0 fully saturated rings. The van der Waals surface area contributed by atoms with Gasteiger partial charge in [0.25, 0.3) is 0 Å². The van der Waals surface area contributed by atoms with Gasteiger partial charge in [-0.05, 0) is 53.6 Å². The highest BCUT2D eigenvalue weighted by molar-refractivity contribution is 6.19. The lowest BCUT2D eigenvalue weighted by atomic mass is 10.0. The summed E-state index contributed by atoms with van der Waals surface area (Å²) in [6, 6.07) is 82.2. The van der Waals surface area contributed by atoms with E-state index in [1.807, 2.05) is 60.7 Å². The Balaban J connectivity index is 0.986. The van der Waals surface area contributed by atoms with Gasteiger partial charge >= 0.3 is 0 Å². The highest BCUT2D eigenvalue weighted by Crippen LogP contribution is 2.40. The van der Waals surface area contributed by atoms with Crippen LogP contribution in [0.25, 0.3) is 123 Å². The average Bonchev–Trinajstić information content (AvgIpc) is 3.93. The van der Waals surface area contributed by atoms with Crippen molar-refractivity contribution in [3.05, 3.63) is 237 Å². The molecule has 0 spiro atoms. The van der Waals surface area contributed by atoms with Crippen molar-refractivity contribution < 1.29 is 0 Å². The van der Waals surface area contributed by atoms with E-state index >= 15 is 0 Å². The molecule has 318 valence electrons. The van der Waals surface area contributed by atoms with Crippen molar-refractivity contribution in [2.45, 2.75) is 0 Å². The predicted octanol–water partition coefficient (Wildman–Crippen LogP) is 14.9. The molecule has 68 heavy (non-hydrogen) atoms. The highest BCUT2D eigenvalue weighted by Gasteiger charge is 2.22. The maximum Gasteiger partial charge on any atom is 0.238 e. The fourth-order valence-electron chi connectivity index (χ4n) is 9.53. The van der Waals surface area contributed by atoms with Crippen molar-refractivity contribution >= 4 is 43.6 Å². The zero-order chi connectivity index (χ0) is 45.0. The normalized spacial score (nSPS) is 11.5. The minimum absolute atomic E-state index is 0.549. The summed E-state index contributed by atoms with van der Waals surface area (Å²) in [5, 5.41) is 4.58. The maximum atomic E-state index is 5.29. The number of hydrogen-bond acceptors (Lipinski definition) is 5. The van der Waals surface area contributed by atoms with Crippen LogP contribution in [0.1, 0.15) is 0 Å². The molecule has 9 aromatic carbocycles. The van der Waals surface area contributed by atoms with Crippen LogP contribution in [0.2, 0.25) is 0 Å². The average molecular weight is 870 g/mol. The molecule has 0 radical (unpaired) electrons. The van der Waals surface area contributed by atoms with Crippen molar-refractivity contribution in [3.8, 4) is 79.4 Å². The third-order valence-corrected chi connectivity index (χ3v) is 12.8. The number of nitrogens with zero attached hydrogens (tertiary/aromatic N) is 7. The van der Waals surface area contributed by atoms with E-state index < -0.39 is 0 Å². The van der Waals surface area contributed by atoms with Crippen LogP contribution in [0.15, 0.2) is 237 Å². The van der Waals surface area contributed by atoms with Crippen LogP contribution in [-0.4, -0.2) is 34.1 Å². The molecule has 0 bridgehead atoms. The van der Waals surface area contributed by atoms with E-state index in [0.717, 1.165) is 94.2 Å². The van der Waals surface area contributed by atoms with Crippen LogP contribution in [-0.2, 0) is 0 Å². The Hall–Kier alpha value is -9.33. The fourth-order valence-corrected chi connectivity index (χ4v) is 9.53. The van der Waals surface area contributed by atoms with Gasteiger partial charge in [-0.2, -0.15) is 9.97 Å². The number of benzene rings is 9. The summed E-state index contributed by atoms with van der Waals surface area (Å²) in [4.78, 5) is 25.8. The van der Waals surface area contributed by atoms with Gasteiger partial charge in [0.1, 0.15) is 0 Å². The predicted molar refractivity (Wildman–Crippen MR) is 277 cm³/mol. The van der Waals surface area contributed by atoms with E-state index in [0.29, 0.717) is 23.4 Å². The first-order valence-electron chi connectivity index (χ1n) is 22.7. The Kier molecular flexibility index (Phi) is 9.35. The molecule has 0 amide bonds. The summed E-state index contributed by atoms with van der Waals surface area (Å²) in [6.07, 6.45) is 0. The third-order valence-electron chi connectivity index (χ3n) is 12.8. The molecule has 0 saturated carbocycles. The minimum Gasteiger partial charge on any atom is -0.309 e. The number of para-hydroxylation sites is 2. The Morgan fingerprint density at radius 1 is 0.235 bits per heavy atom. The molecular formula is C61H39N7. The van der Waals surface area contributed by atoms with E-state index in [-0.39, 0.29) is 0 Å². The zero-order valence-electron chi connectivity index (χ0n) is 36.6. The van der Waals surface area contributed by atoms with E-state index in [1.165, 1.54) is 5.39 Å². The van der Waals surface area contributed by atoms with Gasteiger partial charge < -0.3 is 4.57 Å². The van der Waals surface area contributed by atoms with Gasteiger partial charge in [0.15, 0.2) is 17.5 Å². The van der Waals surface area contributed by atoms with Crippen molar-refractivity contribution in [1.29, 1.82) is 0 Å². The van der Waals surface area contributed by atoms with Gasteiger partial charge in [-0.3, -0.25) is 4.57 Å². The van der Waals surface area contributed by atoms with Crippen LogP contribution in [0, 0.1) is 0 Å². The topological polar surface area (TPSA) is 74.3 Å². The summed E-state index contributed by atoms with van der Waals surface area (Å²) in [6.45, 7) is 0. The molecule has 4 aromatic heterocycles. The first-order valence-corrected chi connectivity index (χ1v) is 22.7. The Morgan fingerprint density at radius 2 is 0.618 bits per heavy atom. The zero-order valence-corrected chi connectivity index (χ0v) is 36.6. The minimum atomic E-state index is 0.549. The second kappa shape index (κ2) is 16.3. The van der Waals surface area contributed by atoms with Gasteiger partial charge in [0.2, 0.25) is 5.95 Å². The summed E-state index contributed by atoms with van der Waals surface area (Å²) in [7, 11) is 0. The van der Waals surface area contributed by atoms with Crippen molar-refractivity contribution in [2.75, 3.05) is 0 Å². The van der Waals surface area contributed by atoms with E-state index in [2.05, 4.69) is 185 Å². The smallest absolute Gasteiger partial charge is 0.238 e. The van der Waals surface area contributed by atoms with Gasteiger partial charge in [-0.15, -0.1) is 0 Å². The van der Waals surface area contributed by atoms with Crippen LogP contribution in [0.5, 0.6) is 0 Å². The number of aromatic nitrogens is 7. The van der Waals surface area contributed by atoms with E-state index in [9.17, 15) is 0 Å². The Bertz CT molecular complexity index is 3920. The highest BCUT2D eigenvalue weighted by atomic mass is 15.2. The molecular weight excluding hydrogens is 831 g/mol. The van der Waals surface area contributed by atoms with Gasteiger partial charge in [0.05, 0.1) is 33.5 Å². The largest absolute Gasteiger partial charge is 0.309 e. The van der Waals surface area contributed by atoms with Crippen molar-refractivity contribution in [2.24, 2.45) is 0 Å². The lowest BCUT2D eigenvalue weighted by Crippen LogP contribution is -2.06. The first kappa shape index (κ1) is 39.1. The first-order chi connectivity index (χ1) is 33.7. The molecule has 13 aromatic rings. The second-order valence-corrected chi connectivity index (χ2v) is 16.9. The van der Waals surface area contributed by atoms with Crippen LogP contribution >= 0.6 is 0 Å². The van der Waals surface area contributed by atoms with Gasteiger partial charge in [-0.1, -0.05) is 194 Å². The molecule has 0 atom stereocenters. The van der Waals surface area contributed by atoms with E-state index in [1.54, 1.807) is 0 Å². The monoisotopic (exact) mass is 869 g/mol. The lowest BCUT2D eigenvalue weighted by Gasteiger charge is -2.12. The molecule has 7 heteroatoms. The summed E-state index contributed by atoms with van der Waals surface area (Å²) in [5.41, 5.74) is 14.1. The summed E-state index contributed by atoms with van der Waals surface area (Å²) < 4.78 is 4.57. The molecule has 13 rings (SSSR count). The van der Waals surface area contributed by atoms with Crippen LogP contribution in [0.4, 0.5) is 0 Å². The second-order valence-electron chi connectivity index (χ2n) is 16.9. The van der Waals surface area contributed by atoms with Gasteiger partial charge in [0, 0.05) is 55.0 Å². The molecule has 0 saturated heterocycles. The lowest BCUT2D eigenvalue weighted by molar-refractivity contribution is 0.953. The molecule has 0 unspecified atom stereocenters. The molecule has 7 nitrogen and oxygen atoms in total.